The van der Waals surface area contributed by atoms with Crippen LogP contribution in [0.4, 0.5) is 0 Å². The fraction of sp³-hybridized carbons (Fsp3) is 0.857. The summed E-state index contributed by atoms with van der Waals surface area (Å²) < 4.78 is 16.7. The van der Waals surface area contributed by atoms with E-state index < -0.39 is 7.37 Å². The molecule has 3 nitrogen and oxygen atoms in total. The molecule has 0 aromatic carbocycles. The minimum Gasteiger partial charge on any atom is -0.329 e. The van der Waals surface area contributed by atoms with Gasteiger partial charge in [0.1, 0.15) is 0 Å². The molecule has 0 radical (unpaired) electrons. The first-order valence-electron chi connectivity index (χ1n) is 3.78. The zero-order chi connectivity index (χ0) is 8.74. The third kappa shape index (κ3) is 4.19. The minimum atomic E-state index is -2.44. The maximum Gasteiger partial charge on any atom is 0.203 e. The molecule has 0 aliphatic carbocycles. The molecule has 0 saturated carbocycles. The predicted molar refractivity (Wildman–Crippen MR) is 44.9 cm³/mol. The van der Waals surface area contributed by atoms with Crippen LogP contribution in [0.3, 0.4) is 0 Å². The molecule has 0 aromatic heterocycles. The lowest BCUT2D eigenvalue weighted by Gasteiger charge is -2.13. The largest absolute Gasteiger partial charge is 0.329 e. The van der Waals surface area contributed by atoms with Crippen LogP contribution in [0.5, 0.6) is 0 Å². The summed E-state index contributed by atoms with van der Waals surface area (Å²) in [5, 5.41) is 8.27. The molecular formula is C7H14NO2P. The van der Waals surface area contributed by atoms with Crippen molar-refractivity contribution in [1.82, 2.24) is 0 Å². The molecule has 1 unspecified atom stereocenters. The van der Waals surface area contributed by atoms with Crippen molar-refractivity contribution >= 4 is 7.37 Å². The maximum absolute atomic E-state index is 11.6. The Hall–Kier alpha value is -0.320. The fourth-order valence-electron chi connectivity index (χ4n) is 0.770. The van der Waals surface area contributed by atoms with Crippen molar-refractivity contribution in [2.75, 3.05) is 18.9 Å². The van der Waals surface area contributed by atoms with Gasteiger partial charge in [-0.3, -0.25) is 4.57 Å². The smallest absolute Gasteiger partial charge is 0.203 e. The summed E-state index contributed by atoms with van der Waals surface area (Å²) in [5.41, 5.74) is 0. The monoisotopic (exact) mass is 175 g/mol. The fourth-order valence-corrected chi connectivity index (χ4v) is 2.31. The van der Waals surface area contributed by atoms with E-state index >= 15 is 0 Å². The lowest BCUT2D eigenvalue weighted by atomic mass is 10.6. The van der Waals surface area contributed by atoms with Gasteiger partial charge in [0.25, 0.3) is 0 Å². The summed E-state index contributed by atoms with van der Waals surface area (Å²) in [6.07, 6.45) is 1.25. The van der Waals surface area contributed by atoms with E-state index in [-0.39, 0.29) is 0 Å². The Morgan fingerprint density at radius 1 is 1.55 bits per heavy atom. The average Bonchev–Trinajstić information content (AvgIpc) is 2.02. The van der Waals surface area contributed by atoms with E-state index in [0.29, 0.717) is 25.4 Å². The van der Waals surface area contributed by atoms with Gasteiger partial charge in [0, 0.05) is 18.7 Å². The van der Waals surface area contributed by atoms with E-state index in [1.165, 1.54) is 0 Å². The first kappa shape index (κ1) is 10.7. The van der Waals surface area contributed by atoms with Crippen LogP contribution in [0.25, 0.3) is 0 Å². The Labute approximate surface area is 67.8 Å². The molecule has 1 atom stereocenters. The van der Waals surface area contributed by atoms with E-state index in [9.17, 15) is 4.57 Å². The van der Waals surface area contributed by atoms with Crippen LogP contribution in [0.2, 0.25) is 0 Å². The quantitative estimate of drug-likeness (QED) is 0.602. The second-order valence-electron chi connectivity index (χ2n) is 2.18. The van der Waals surface area contributed by atoms with Gasteiger partial charge in [0.2, 0.25) is 7.37 Å². The maximum atomic E-state index is 11.6. The number of nitriles is 1. The summed E-state index contributed by atoms with van der Waals surface area (Å²) in [6, 6.07) is 1.96. The van der Waals surface area contributed by atoms with Gasteiger partial charge in [-0.1, -0.05) is 6.92 Å². The lowest BCUT2D eigenvalue weighted by Crippen LogP contribution is -1.97. The van der Waals surface area contributed by atoms with Gasteiger partial charge < -0.3 is 4.52 Å². The van der Waals surface area contributed by atoms with Gasteiger partial charge in [-0.15, -0.1) is 0 Å². The van der Waals surface area contributed by atoms with Crippen molar-refractivity contribution in [3.05, 3.63) is 0 Å². The molecular weight excluding hydrogens is 161 g/mol. The predicted octanol–water partition coefficient (Wildman–Crippen LogP) is 2.23. The van der Waals surface area contributed by atoms with Crippen LogP contribution in [0.15, 0.2) is 0 Å². The lowest BCUT2D eigenvalue weighted by molar-refractivity contribution is 0.334. The topological polar surface area (TPSA) is 50.1 Å². The summed E-state index contributed by atoms with van der Waals surface area (Å²) in [7, 11) is -2.44. The molecule has 0 fully saturated rings. The molecule has 0 amide bonds. The first-order valence-corrected chi connectivity index (χ1v) is 5.77. The van der Waals surface area contributed by atoms with Crippen LogP contribution in [0, 0.1) is 11.3 Å². The van der Waals surface area contributed by atoms with Gasteiger partial charge in [0.15, 0.2) is 0 Å². The van der Waals surface area contributed by atoms with E-state index in [0.717, 1.165) is 0 Å². The third-order valence-electron chi connectivity index (χ3n) is 1.41. The van der Waals surface area contributed by atoms with Crippen molar-refractivity contribution in [2.45, 2.75) is 20.3 Å². The van der Waals surface area contributed by atoms with Gasteiger partial charge in [0.05, 0.1) is 12.7 Å². The van der Waals surface area contributed by atoms with Gasteiger partial charge in [-0.2, -0.15) is 5.26 Å². The highest BCUT2D eigenvalue weighted by molar-refractivity contribution is 7.58. The summed E-state index contributed by atoms with van der Waals surface area (Å²) in [6.45, 7) is 4.11. The minimum absolute atomic E-state index is 0.325. The van der Waals surface area contributed by atoms with Crippen molar-refractivity contribution in [3.63, 3.8) is 0 Å². The zero-order valence-electron chi connectivity index (χ0n) is 7.04. The molecule has 11 heavy (non-hydrogen) atoms. The number of rotatable bonds is 5. The molecule has 64 valence electrons. The highest BCUT2D eigenvalue weighted by Crippen LogP contribution is 2.46. The van der Waals surface area contributed by atoms with Crippen molar-refractivity contribution in [1.29, 1.82) is 5.26 Å². The van der Waals surface area contributed by atoms with E-state index in [1.807, 2.05) is 19.9 Å². The molecule has 0 saturated heterocycles. The third-order valence-corrected chi connectivity index (χ3v) is 4.01. The zero-order valence-corrected chi connectivity index (χ0v) is 7.93. The molecule has 0 bridgehead atoms. The molecule has 0 aromatic rings. The van der Waals surface area contributed by atoms with Crippen LogP contribution < -0.4 is 0 Å². The standard InChI is InChI=1S/C7H14NO2P/c1-3-10-11(9,4-2)7-5-6-8/h3-5,7H2,1-2H3. The molecule has 0 N–H and O–H groups in total. The Morgan fingerprint density at radius 2 is 2.18 bits per heavy atom. The normalized spacial score (nSPS) is 15.4. The van der Waals surface area contributed by atoms with Crippen molar-refractivity contribution in [3.8, 4) is 6.07 Å². The van der Waals surface area contributed by atoms with Crippen LogP contribution in [-0.4, -0.2) is 18.9 Å². The number of hydrogen-bond acceptors (Lipinski definition) is 3. The first-order chi connectivity index (χ1) is 5.18. The molecule has 0 spiro atoms. The number of nitrogens with zero attached hydrogens (tertiary/aromatic N) is 1. The van der Waals surface area contributed by atoms with Crippen LogP contribution >= 0.6 is 7.37 Å². The number of hydrogen-bond donors (Lipinski definition) is 0. The second kappa shape index (κ2) is 5.35. The SMILES string of the molecule is CCOP(=O)(CC)CCC#N. The Morgan fingerprint density at radius 3 is 2.55 bits per heavy atom. The van der Waals surface area contributed by atoms with Crippen LogP contribution in [-0.2, 0) is 9.09 Å². The highest BCUT2D eigenvalue weighted by atomic mass is 31.2. The molecule has 0 aliphatic rings. The summed E-state index contributed by atoms with van der Waals surface area (Å²) in [4.78, 5) is 0. The average molecular weight is 175 g/mol. The van der Waals surface area contributed by atoms with Crippen molar-refractivity contribution < 1.29 is 9.09 Å². The van der Waals surface area contributed by atoms with E-state index in [2.05, 4.69) is 0 Å². The summed E-state index contributed by atoms with van der Waals surface area (Å²) >= 11 is 0. The van der Waals surface area contributed by atoms with Crippen molar-refractivity contribution in [2.24, 2.45) is 0 Å². The van der Waals surface area contributed by atoms with E-state index in [1.54, 1.807) is 0 Å². The Bertz CT molecular complexity index is 185. The van der Waals surface area contributed by atoms with Gasteiger partial charge in [-0.05, 0) is 6.92 Å². The molecule has 4 heteroatoms. The Kier molecular flexibility index (Phi) is 5.19. The van der Waals surface area contributed by atoms with Crippen LogP contribution in [0.1, 0.15) is 20.3 Å². The second-order valence-corrected chi connectivity index (χ2v) is 5.15. The highest BCUT2D eigenvalue weighted by Gasteiger charge is 2.18. The Balaban J connectivity index is 3.91. The van der Waals surface area contributed by atoms with E-state index in [4.69, 9.17) is 9.79 Å². The molecule has 0 aliphatic heterocycles. The summed E-state index contributed by atoms with van der Waals surface area (Å²) in [5.74, 6) is 0. The van der Waals surface area contributed by atoms with Gasteiger partial charge in [-0.25, -0.2) is 0 Å². The molecule has 0 rings (SSSR count). The van der Waals surface area contributed by atoms with Gasteiger partial charge >= 0.3 is 0 Å². The molecule has 0 heterocycles.